The summed E-state index contributed by atoms with van der Waals surface area (Å²) in [6.45, 7) is 0. The third kappa shape index (κ3) is 15.9. The Morgan fingerprint density at radius 2 is 1.25 bits per heavy atom. The second-order valence-electron chi connectivity index (χ2n) is 0.283. The van der Waals surface area contributed by atoms with Crippen LogP contribution in [-0.2, 0) is 26.3 Å². The van der Waals surface area contributed by atoms with E-state index in [4.69, 9.17) is 10.5 Å². The van der Waals surface area contributed by atoms with Crippen LogP contribution in [0.5, 0.6) is 0 Å². The van der Waals surface area contributed by atoms with Crippen molar-refractivity contribution in [1.29, 1.82) is 10.5 Å². The molecule has 0 atom stereocenters. The van der Waals surface area contributed by atoms with Gasteiger partial charge in [-0.25, -0.2) is 0 Å². The van der Waals surface area contributed by atoms with Gasteiger partial charge in [0.25, 0.3) is 0 Å². The molecule has 38 valence electrons. The fraction of sp³-hybridized carbons (Fsp3) is 0. The van der Waals surface area contributed by atoms with Crippen molar-refractivity contribution in [3.8, 4) is 9.94 Å². The molecule has 8 heavy (non-hydrogen) atoms. The molecule has 0 aromatic heterocycles. The minimum atomic E-state index is 0. The van der Waals surface area contributed by atoms with Gasteiger partial charge in [0.2, 0.25) is 0 Å². The van der Waals surface area contributed by atoms with E-state index in [0.717, 1.165) is 0 Å². The Morgan fingerprint density at radius 3 is 1.38 bits per heavy atom. The molecule has 0 saturated carbocycles. The van der Waals surface area contributed by atoms with Crippen molar-refractivity contribution in [1.82, 2.24) is 0 Å². The third-order valence-corrected chi connectivity index (χ3v) is 1.48. The summed E-state index contributed by atoms with van der Waals surface area (Å²) in [6, 6.07) is 0. The molecule has 0 fully saturated rings. The molecule has 0 rings (SSSR count). The molecule has 6 heteroatoms. The van der Waals surface area contributed by atoms with Gasteiger partial charge in [-0.3, -0.25) is 0 Å². The van der Waals surface area contributed by atoms with Gasteiger partial charge < -0.3 is 0 Å². The van der Waals surface area contributed by atoms with Crippen molar-refractivity contribution < 1.29 is 26.3 Å². The Labute approximate surface area is 124 Å². The SMILES string of the molecule is N#[C][Fe][Fe][C]#N.[KH].[NaH]. The number of nitrogens with zero attached hydrogens (tertiary/aromatic N) is 2. The van der Waals surface area contributed by atoms with Crippen molar-refractivity contribution in [2.45, 2.75) is 0 Å². The third-order valence-electron chi connectivity index (χ3n) is 0.0872. The molecule has 0 amide bonds. The van der Waals surface area contributed by atoms with Crippen molar-refractivity contribution in [2.75, 3.05) is 0 Å². The van der Waals surface area contributed by atoms with E-state index >= 15 is 0 Å². The number of hydrogen-bond donors (Lipinski definition) is 0. The Balaban J connectivity index is -0.000000125. The molecule has 0 spiro atoms. The Morgan fingerprint density at radius 1 is 1.00 bits per heavy atom. The first-order valence-corrected chi connectivity index (χ1v) is 4.03. The van der Waals surface area contributed by atoms with E-state index in [1.807, 2.05) is 9.94 Å². The van der Waals surface area contributed by atoms with Gasteiger partial charge in [0, 0.05) is 0 Å². The fourth-order valence-corrected chi connectivity index (χ4v) is 0.475. The van der Waals surface area contributed by atoms with Crippen LogP contribution < -0.4 is 0 Å². The molecule has 2 nitrogen and oxygen atoms in total. The van der Waals surface area contributed by atoms with Crippen LogP contribution in [0.4, 0.5) is 0 Å². The van der Waals surface area contributed by atoms with E-state index in [1.54, 1.807) is 0 Å². The summed E-state index contributed by atoms with van der Waals surface area (Å²) in [6.07, 6.45) is 0. The molecule has 0 aliphatic rings. The van der Waals surface area contributed by atoms with E-state index < -0.39 is 0 Å². The van der Waals surface area contributed by atoms with Gasteiger partial charge in [-0.05, 0) is 0 Å². The van der Waals surface area contributed by atoms with Crippen molar-refractivity contribution >= 4 is 80.9 Å². The number of nitriles is 2. The number of rotatable bonds is 1. The van der Waals surface area contributed by atoms with Crippen LogP contribution in [-0.4, -0.2) is 80.9 Å². The van der Waals surface area contributed by atoms with Gasteiger partial charge in [-0.1, -0.05) is 0 Å². The summed E-state index contributed by atoms with van der Waals surface area (Å²) >= 11 is 0.715. The molecule has 0 unspecified atom stereocenters. The van der Waals surface area contributed by atoms with Gasteiger partial charge in [-0.15, -0.1) is 0 Å². The van der Waals surface area contributed by atoms with E-state index in [2.05, 4.69) is 0 Å². The standard InChI is InChI=1S/2CN.2Fe.K.Na.2H/c2*1-2;;;;;;. The van der Waals surface area contributed by atoms with Crippen LogP contribution in [0.1, 0.15) is 0 Å². The molecule has 0 aromatic rings. The zero-order valence-corrected chi connectivity index (χ0v) is 4.81. The molecular formula is C2H2Fe2KN2Na. The van der Waals surface area contributed by atoms with Gasteiger partial charge in [-0.2, -0.15) is 0 Å². The maximum atomic E-state index is 7.80. The molecule has 0 radical (unpaired) electrons. The van der Waals surface area contributed by atoms with Crippen LogP contribution in [0, 0.1) is 20.5 Å². The molecule has 0 aliphatic heterocycles. The molecule has 0 aliphatic carbocycles. The quantitative estimate of drug-likeness (QED) is 0.415. The fourth-order valence-electron chi connectivity index (χ4n) is 0.0280. The van der Waals surface area contributed by atoms with Crippen LogP contribution in [0.25, 0.3) is 0 Å². The summed E-state index contributed by atoms with van der Waals surface area (Å²) in [5.74, 6) is 0. The van der Waals surface area contributed by atoms with Gasteiger partial charge >= 0.3 is 128 Å². The average Bonchev–Trinajstić information content (AvgIpc) is 1.61. The van der Waals surface area contributed by atoms with Gasteiger partial charge in [0.1, 0.15) is 0 Å². The molecule has 0 aromatic carbocycles. The zero-order valence-electron chi connectivity index (χ0n) is 2.60. The topological polar surface area (TPSA) is 47.6 Å². The Hall–Kier alpha value is 2.66. The minimum absolute atomic E-state index is 0. The number of hydrogen-bond acceptors (Lipinski definition) is 2. The Kier molecular flexibility index (Phi) is 34.6. The zero-order chi connectivity index (χ0) is 4.83. The van der Waals surface area contributed by atoms with Gasteiger partial charge in [0.15, 0.2) is 0 Å². The first-order chi connectivity index (χ1) is 2.91. The normalized spacial score (nSPS) is 5.25. The van der Waals surface area contributed by atoms with Crippen LogP contribution in [0.15, 0.2) is 0 Å². The first kappa shape index (κ1) is 17.0. The summed E-state index contributed by atoms with van der Waals surface area (Å²) in [7, 11) is 0. The van der Waals surface area contributed by atoms with E-state index in [9.17, 15) is 0 Å². The maximum absolute atomic E-state index is 7.80. The molecular weight excluding hydrogens is 226 g/mol. The van der Waals surface area contributed by atoms with Crippen molar-refractivity contribution in [2.24, 2.45) is 0 Å². The first-order valence-electron chi connectivity index (χ1n) is 0.926. The van der Waals surface area contributed by atoms with E-state index in [-0.39, 0.29) is 80.9 Å². The van der Waals surface area contributed by atoms with E-state index in [1.165, 1.54) is 0 Å². The summed E-state index contributed by atoms with van der Waals surface area (Å²) in [5.41, 5.74) is 0. The van der Waals surface area contributed by atoms with E-state index in [0.29, 0.717) is 26.3 Å². The monoisotopic (exact) mass is 228 g/mol. The predicted octanol–water partition coefficient (Wildman–Crippen LogP) is -1.27. The van der Waals surface area contributed by atoms with Crippen LogP contribution in [0.3, 0.4) is 0 Å². The molecule has 0 N–H and O–H groups in total. The molecule has 0 heterocycles. The summed E-state index contributed by atoms with van der Waals surface area (Å²) in [4.78, 5) is 3.69. The van der Waals surface area contributed by atoms with Crippen LogP contribution >= 0.6 is 0 Å². The second-order valence-corrected chi connectivity index (χ2v) is 2.78. The van der Waals surface area contributed by atoms with Crippen molar-refractivity contribution in [3.63, 3.8) is 0 Å². The molecule has 0 saturated heterocycles. The second kappa shape index (κ2) is 16.3. The summed E-state index contributed by atoms with van der Waals surface area (Å²) < 4.78 is 0. The Bertz CT molecular complexity index is 91.6. The van der Waals surface area contributed by atoms with Crippen LogP contribution in [0.2, 0.25) is 0 Å². The van der Waals surface area contributed by atoms with Gasteiger partial charge in [0.05, 0.1) is 0 Å². The van der Waals surface area contributed by atoms with Crippen molar-refractivity contribution in [3.05, 3.63) is 0 Å². The summed E-state index contributed by atoms with van der Waals surface area (Å²) in [5, 5.41) is 15.6. The average molecular weight is 228 g/mol. The predicted molar refractivity (Wildman–Crippen MR) is 25.5 cm³/mol. The molecule has 0 bridgehead atoms.